The van der Waals surface area contributed by atoms with Gasteiger partial charge in [-0.2, -0.15) is 17.9 Å². The number of rotatable bonds is 4. The van der Waals surface area contributed by atoms with Crippen LogP contribution >= 0.6 is 0 Å². The fourth-order valence-corrected chi connectivity index (χ4v) is 2.64. The molecule has 0 spiro atoms. The van der Waals surface area contributed by atoms with E-state index in [1.165, 1.54) is 4.57 Å². The highest BCUT2D eigenvalue weighted by molar-refractivity contribution is 5.91. The normalized spacial score (nSPS) is 15.6. The quantitative estimate of drug-likeness (QED) is 0.783. The number of fused-ring (bicyclic) bond motifs is 1. The van der Waals surface area contributed by atoms with Crippen molar-refractivity contribution < 1.29 is 36.9 Å². The number of ether oxygens (including phenoxy) is 2. The van der Waals surface area contributed by atoms with Crippen molar-refractivity contribution in [1.29, 1.82) is 0 Å². The first-order valence-corrected chi connectivity index (χ1v) is 8.16. The zero-order chi connectivity index (χ0) is 20.6. The first kappa shape index (κ1) is 19.9. The SMILES string of the molecule is CC(Oc1cc(-n2nc3n(c2=O)CCCOC3)c(F)cc1C(=O)O)C(F)(F)F. The molecule has 12 heteroatoms. The predicted octanol–water partition coefficient (Wildman–Crippen LogP) is 2.12. The van der Waals surface area contributed by atoms with E-state index >= 15 is 0 Å². The van der Waals surface area contributed by atoms with Gasteiger partial charge in [0, 0.05) is 19.2 Å². The molecule has 1 aromatic carbocycles. The Morgan fingerprint density at radius 1 is 1.39 bits per heavy atom. The van der Waals surface area contributed by atoms with Gasteiger partial charge in [-0.1, -0.05) is 0 Å². The third-order valence-electron chi connectivity index (χ3n) is 4.11. The van der Waals surface area contributed by atoms with Crippen LogP contribution in [0, 0.1) is 5.82 Å². The number of hydrogen-bond acceptors (Lipinski definition) is 5. The summed E-state index contributed by atoms with van der Waals surface area (Å²) in [4.78, 5) is 23.8. The van der Waals surface area contributed by atoms with Crippen LogP contribution in [0.25, 0.3) is 5.69 Å². The predicted molar refractivity (Wildman–Crippen MR) is 85.2 cm³/mol. The summed E-state index contributed by atoms with van der Waals surface area (Å²) in [6.45, 7) is 1.37. The number of carboxylic acids is 1. The summed E-state index contributed by atoms with van der Waals surface area (Å²) >= 11 is 0. The summed E-state index contributed by atoms with van der Waals surface area (Å²) in [6, 6.07) is 1.21. The molecule has 1 aliphatic heterocycles. The standard InChI is InChI=1S/C16H15F4N3O5/c1-8(16(18,19)20)28-12-6-11(10(17)5-9(12)14(24)25)23-15(26)22-3-2-4-27-7-13(22)21-23/h5-6,8H,2-4,7H2,1H3,(H,24,25). The molecule has 1 unspecified atom stereocenters. The highest BCUT2D eigenvalue weighted by atomic mass is 19.4. The summed E-state index contributed by atoms with van der Waals surface area (Å²) in [7, 11) is 0. The highest BCUT2D eigenvalue weighted by Gasteiger charge is 2.39. The molecule has 0 saturated carbocycles. The maximum Gasteiger partial charge on any atom is 0.425 e. The number of carboxylic acid groups (broad SMARTS) is 1. The van der Waals surface area contributed by atoms with Crippen molar-refractivity contribution in [3.8, 4) is 11.4 Å². The van der Waals surface area contributed by atoms with Gasteiger partial charge in [-0.3, -0.25) is 4.57 Å². The van der Waals surface area contributed by atoms with Crippen LogP contribution in [0.5, 0.6) is 5.75 Å². The molecular formula is C16H15F4N3O5. The lowest BCUT2D eigenvalue weighted by atomic mass is 10.1. The van der Waals surface area contributed by atoms with Crippen LogP contribution in [-0.4, -0.2) is 44.3 Å². The van der Waals surface area contributed by atoms with Gasteiger partial charge in [0.25, 0.3) is 0 Å². The number of aromatic carboxylic acids is 1. The maximum absolute atomic E-state index is 14.5. The highest BCUT2D eigenvalue weighted by Crippen LogP contribution is 2.30. The zero-order valence-electron chi connectivity index (χ0n) is 14.5. The molecule has 1 aromatic heterocycles. The molecule has 3 rings (SSSR count). The summed E-state index contributed by atoms with van der Waals surface area (Å²) in [5, 5.41) is 13.1. The topological polar surface area (TPSA) is 95.6 Å². The van der Waals surface area contributed by atoms with Crippen LogP contribution in [0.2, 0.25) is 0 Å². The third kappa shape index (κ3) is 3.72. The van der Waals surface area contributed by atoms with Gasteiger partial charge in [-0.25, -0.2) is 14.0 Å². The van der Waals surface area contributed by atoms with Crippen molar-refractivity contribution >= 4 is 5.97 Å². The molecule has 1 atom stereocenters. The van der Waals surface area contributed by atoms with E-state index in [2.05, 4.69) is 5.10 Å². The number of nitrogens with zero attached hydrogens (tertiary/aromatic N) is 3. The van der Waals surface area contributed by atoms with Crippen molar-refractivity contribution in [1.82, 2.24) is 14.3 Å². The number of carbonyl (C=O) groups is 1. The minimum atomic E-state index is -4.77. The van der Waals surface area contributed by atoms with E-state index in [1.807, 2.05) is 0 Å². The molecule has 8 nitrogen and oxygen atoms in total. The Labute approximate surface area is 154 Å². The van der Waals surface area contributed by atoms with Gasteiger partial charge in [0.1, 0.15) is 29.4 Å². The molecule has 28 heavy (non-hydrogen) atoms. The van der Waals surface area contributed by atoms with Crippen molar-refractivity contribution in [2.75, 3.05) is 6.61 Å². The second-order valence-electron chi connectivity index (χ2n) is 6.08. The van der Waals surface area contributed by atoms with Crippen LogP contribution in [0.3, 0.4) is 0 Å². The second kappa shape index (κ2) is 7.26. The Bertz CT molecular complexity index is 966. The first-order valence-electron chi connectivity index (χ1n) is 8.16. The maximum atomic E-state index is 14.5. The van der Waals surface area contributed by atoms with Gasteiger partial charge < -0.3 is 14.6 Å². The molecule has 2 aromatic rings. The molecule has 0 amide bonds. The lowest BCUT2D eigenvalue weighted by molar-refractivity contribution is -0.189. The van der Waals surface area contributed by atoms with Gasteiger partial charge in [0.2, 0.25) is 0 Å². The van der Waals surface area contributed by atoms with Crippen molar-refractivity contribution in [2.24, 2.45) is 0 Å². The molecule has 0 saturated heterocycles. The Morgan fingerprint density at radius 3 is 2.75 bits per heavy atom. The van der Waals surface area contributed by atoms with Gasteiger partial charge in [0.05, 0.1) is 0 Å². The summed E-state index contributed by atoms with van der Waals surface area (Å²) < 4.78 is 64.8. The number of aromatic nitrogens is 3. The Balaban J connectivity index is 2.11. The van der Waals surface area contributed by atoms with E-state index in [-0.39, 0.29) is 19.0 Å². The fraction of sp³-hybridized carbons (Fsp3) is 0.438. The van der Waals surface area contributed by atoms with Crippen LogP contribution < -0.4 is 10.4 Å². The molecular weight excluding hydrogens is 390 g/mol. The monoisotopic (exact) mass is 405 g/mol. The Morgan fingerprint density at radius 2 is 2.11 bits per heavy atom. The minimum Gasteiger partial charge on any atom is -0.480 e. The van der Waals surface area contributed by atoms with Gasteiger partial charge in [-0.15, -0.1) is 5.10 Å². The zero-order valence-corrected chi connectivity index (χ0v) is 14.5. The van der Waals surface area contributed by atoms with Crippen LogP contribution in [0.1, 0.15) is 29.5 Å². The van der Waals surface area contributed by atoms with Gasteiger partial charge in [0.15, 0.2) is 11.9 Å². The lowest BCUT2D eigenvalue weighted by Crippen LogP contribution is -2.32. The summed E-state index contributed by atoms with van der Waals surface area (Å²) in [5.74, 6) is -3.35. The third-order valence-corrected chi connectivity index (χ3v) is 4.11. The Kier molecular flexibility index (Phi) is 5.15. The fourth-order valence-electron chi connectivity index (χ4n) is 2.64. The van der Waals surface area contributed by atoms with E-state index in [4.69, 9.17) is 14.6 Å². The Hall–Kier alpha value is -2.89. The largest absolute Gasteiger partial charge is 0.480 e. The molecule has 0 bridgehead atoms. The van der Waals surface area contributed by atoms with E-state index in [9.17, 15) is 27.2 Å². The molecule has 152 valence electrons. The first-order chi connectivity index (χ1) is 13.1. The summed E-state index contributed by atoms with van der Waals surface area (Å²) in [6.07, 6.45) is -6.60. The smallest absolute Gasteiger partial charge is 0.425 e. The van der Waals surface area contributed by atoms with Crippen molar-refractivity contribution in [3.05, 3.63) is 39.8 Å². The summed E-state index contributed by atoms with van der Waals surface area (Å²) in [5.41, 5.74) is -2.06. The average Bonchev–Trinajstić information content (AvgIpc) is 2.78. The van der Waals surface area contributed by atoms with Crippen molar-refractivity contribution in [2.45, 2.75) is 38.8 Å². The van der Waals surface area contributed by atoms with E-state index in [0.29, 0.717) is 30.7 Å². The average molecular weight is 405 g/mol. The molecule has 0 aliphatic carbocycles. The van der Waals surface area contributed by atoms with Crippen molar-refractivity contribution in [3.63, 3.8) is 0 Å². The molecule has 0 radical (unpaired) electrons. The van der Waals surface area contributed by atoms with Gasteiger partial charge in [-0.05, 0) is 19.4 Å². The lowest BCUT2D eigenvalue weighted by Gasteiger charge is -2.19. The second-order valence-corrected chi connectivity index (χ2v) is 6.08. The van der Waals surface area contributed by atoms with Crippen LogP contribution in [0.4, 0.5) is 17.6 Å². The number of halogens is 4. The van der Waals surface area contributed by atoms with E-state index in [0.717, 1.165) is 6.07 Å². The van der Waals surface area contributed by atoms with Gasteiger partial charge >= 0.3 is 17.8 Å². The van der Waals surface area contributed by atoms with Crippen LogP contribution in [0.15, 0.2) is 16.9 Å². The number of alkyl halides is 3. The molecule has 2 heterocycles. The molecule has 1 aliphatic rings. The minimum absolute atomic E-state index is 0.00549. The molecule has 0 fully saturated rings. The number of hydrogen-bond donors (Lipinski definition) is 1. The van der Waals surface area contributed by atoms with E-state index < -0.39 is 46.8 Å². The number of benzene rings is 1. The van der Waals surface area contributed by atoms with Crippen LogP contribution in [-0.2, 0) is 17.9 Å². The van der Waals surface area contributed by atoms with E-state index in [1.54, 1.807) is 0 Å². The molecule has 1 N–H and O–H groups in total.